The average molecular weight is 386 g/mol. The Morgan fingerprint density at radius 1 is 1.14 bits per heavy atom. The quantitative estimate of drug-likeness (QED) is 0.845. The Morgan fingerprint density at radius 2 is 1.82 bits per heavy atom. The standard InChI is InChI=1S/C15H11BrClFN2O2/c16-10-3-1-9(2-4-10)15(22)19-8-14(21)20-11-5-6-13(18)12(17)7-11/h1-7H,8H2,(H,19,22)(H,20,21). The molecule has 0 aliphatic rings. The van der Waals surface area contributed by atoms with Crippen molar-refractivity contribution >= 4 is 45.0 Å². The van der Waals surface area contributed by atoms with Crippen molar-refractivity contribution in [1.29, 1.82) is 0 Å². The molecule has 4 nitrogen and oxygen atoms in total. The number of amides is 2. The minimum Gasteiger partial charge on any atom is -0.343 e. The number of rotatable bonds is 4. The first-order valence-corrected chi connectivity index (χ1v) is 7.41. The number of hydrogen-bond donors (Lipinski definition) is 2. The van der Waals surface area contributed by atoms with Crippen LogP contribution in [0.25, 0.3) is 0 Å². The van der Waals surface area contributed by atoms with Crippen molar-refractivity contribution in [3.8, 4) is 0 Å². The first kappa shape index (κ1) is 16.5. The number of carbonyl (C=O) groups is 2. The second-order valence-corrected chi connectivity index (χ2v) is 5.69. The van der Waals surface area contributed by atoms with Gasteiger partial charge < -0.3 is 10.6 Å². The zero-order valence-corrected chi connectivity index (χ0v) is 13.5. The largest absolute Gasteiger partial charge is 0.343 e. The lowest BCUT2D eigenvalue weighted by atomic mass is 10.2. The maximum absolute atomic E-state index is 13.0. The van der Waals surface area contributed by atoms with Gasteiger partial charge in [0.25, 0.3) is 5.91 Å². The molecule has 0 atom stereocenters. The molecule has 0 radical (unpaired) electrons. The van der Waals surface area contributed by atoms with E-state index in [2.05, 4.69) is 26.6 Å². The lowest BCUT2D eigenvalue weighted by Crippen LogP contribution is -2.32. The van der Waals surface area contributed by atoms with Gasteiger partial charge in [-0.2, -0.15) is 0 Å². The van der Waals surface area contributed by atoms with Crippen LogP contribution in [-0.4, -0.2) is 18.4 Å². The van der Waals surface area contributed by atoms with E-state index in [0.717, 1.165) is 10.5 Å². The Labute approximate surface area is 139 Å². The molecule has 0 saturated heterocycles. The topological polar surface area (TPSA) is 58.2 Å². The average Bonchev–Trinajstić information content (AvgIpc) is 2.49. The van der Waals surface area contributed by atoms with Gasteiger partial charge in [-0.25, -0.2) is 4.39 Å². The highest BCUT2D eigenvalue weighted by Crippen LogP contribution is 2.19. The molecule has 0 aliphatic heterocycles. The van der Waals surface area contributed by atoms with E-state index in [9.17, 15) is 14.0 Å². The maximum Gasteiger partial charge on any atom is 0.251 e. The summed E-state index contributed by atoms with van der Waals surface area (Å²) in [7, 11) is 0. The predicted octanol–water partition coefficient (Wildman–Crippen LogP) is 3.61. The summed E-state index contributed by atoms with van der Waals surface area (Å²) in [5.41, 5.74) is 0.801. The number of anilines is 1. The molecule has 0 spiro atoms. The van der Waals surface area contributed by atoms with Gasteiger partial charge >= 0.3 is 0 Å². The molecular formula is C15H11BrClFN2O2. The fraction of sp³-hybridized carbons (Fsp3) is 0.0667. The molecule has 0 unspecified atom stereocenters. The lowest BCUT2D eigenvalue weighted by molar-refractivity contribution is -0.115. The highest BCUT2D eigenvalue weighted by Gasteiger charge is 2.09. The van der Waals surface area contributed by atoms with E-state index >= 15 is 0 Å². The molecule has 0 aliphatic carbocycles. The molecule has 2 N–H and O–H groups in total. The third-order valence-corrected chi connectivity index (χ3v) is 3.54. The summed E-state index contributed by atoms with van der Waals surface area (Å²) in [6.07, 6.45) is 0. The van der Waals surface area contributed by atoms with Crippen LogP contribution >= 0.6 is 27.5 Å². The number of benzene rings is 2. The van der Waals surface area contributed by atoms with Crippen LogP contribution < -0.4 is 10.6 Å². The van der Waals surface area contributed by atoms with E-state index in [0.29, 0.717) is 11.3 Å². The Morgan fingerprint density at radius 3 is 2.45 bits per heavy atom. The van der Waals surface area contributed by atoms with Gasteiger partial charge in [0, 0.05) is 15.7 Å². The van der Waals surface area contributed by atoms with E-state index in [1.165, 1.54) is 12.1 Å². The molecule has 0 bridgehead atoms. The highest BCUT2D eigenvalue weighted by atomic mass is 79.9. The van der Waals surface area contributed by atoms with Crippen molar-refractivity contribution < 1.29 is 14.0 Å². The van der Waals surface area contributed by atoms with Gasteiger partial charge in [-0.15, -0.1) is 0 Å². The molecule has 22 heavy (non-hydrogen) atoms. The van der Waals surface area contributed by atoms with Gasteiger partial charge in [-0.1, -0.05) is 27.5 Å². The van der Waals surface area contributed by atoms with Crippen LogP contribution in [0, 0.1) is 5.82 Å². The molecule has 2 aromatic carbocycles. The van der Waals surface area contributed by atoms with Crippen molar-refractivity contribution in [2.24, 2.45) is 0 Å². The number of halogens is 3. The number of nitrogens with one attached hydrogen (secondary N) is 2. The van der Waals surface area contributed by atoms with Crippen LogP contribution in [0.2, 0.25) is 5.02 Å². The van der Waals surface area contributed by atoms with Gasteiger partial charge in [-0.05, 0) is 42.5 Å². The molecule has 0 heterocycles. The van der Waals surface area contributed by atoms with Crippen molar-refractivity contribution in [1.82, 2.24) is 5.32 Å². The van der Waals surface area contributed by atoms with Crippen LogP contribution in [0.5, 0.6) is 0 Å². The molecule has 0 aromatic heterocycles. The summed E-state index contributed by atoms with van der Waals surface area (Å²) in [5.74, 6) is -1.36. The van der Waals surface area contributed by atoms with Crippen LogP contribution in [0.4, 0.5) is 10.1 Å². The molecule has 0 fully saturated rings. The summed E-state index contributed by atoms with van der Waals surface area (Å²) in [4.78, 5) is 23.6. The Kier molecular flexibility index (Phi) is 5.51. The van der Waals surface area contributed by atoms with Crippen LogP contribution in [0.3, 0.4) is 0 Å². The van der Waals surface area contributed by atoms with Crippen LogP contribution in [0.15, 0.2) is 46.9 Å². The fourth-order valence-electron chi connectivity index (χ4n) is 1.64. The van der Waals surface area contributed by atoms with Gasteiger partial charge in [0.1, 0.15) is 5.82 Å². The Bertz CT molecular complexity index is 707. The molecule has 0 saturated carbocycles. The van der Waals surface area contributed by atoms with E-state index in [4.69, 9.17) is 11.6 Å². The molecular weight excluding hydrogens is 375 g/mol. The van der Waals surface area contributed by atoms with Crippen molar-refractivity contribution in [2.45, 2.75) is 0 Å². The van der Waals surface area contributed by atoms with Crippen molar-refractivity contribution in [2.75, 3.05) is 11.9 Å². The SMILES string of the molecule is O=C(CNC(=O)c1ccc(Br)cc1)Nc1ccc(F)c(Cl)c1. The summed E-state index contributed by atoms with van der Waals surface area (Å²) in [6, 6.07) is 10.6. The fourth-order valence-corrected chi connectivity index (χ4v) is 2.09. The first-order valence-electron chi connectivity index (χ1n) is 6.24. The minimum absolute atomic E-state index is 0.0864. The monoisotopic (exact) mass is 384 g/mol. The van der Waals surface area contributed by atoms with Gasteiger partial charge in [0.15, 0.2) is 0 Å². The normalized spacial score (nSPS) is 10.1. The molecule has 2 amide bonds. The summed E-state index contributed by atoms with van der Waals surface area (Å²) < 4.78 is 13.9. The van der Waals surface area contributed by atoms with E-state index in [1.54, 1.807) is 24.3 Å². The zero-order valence-electron chi connectivity index (χ0n) is 11.2. The number of carbonyl (C=O) groups excluding carboxylic acids is 2. The van der Waals surface area contributed by atoms with Gasteiger partial charge in [0.2, 0.25) is 5.91 Å². The van der Waals surface area contributed by atoms with E-state index < -0.39 is 11.7 Å². The third kappa shape index (κ3) is 4.54. The zero-order chi connectivity index (χ0) is 16.1. The minimum atomic E-state index is -0.566. The van der Waals surface area contributed by atoms with E-state index in [1.807, 2.05) is 0 Å². The predicted molar refractivity (Wildman–Crippen MR) is 86.5 cm³/mol. The summed E-state index contributed by atoms with van der Waals surface area (Å²) in [5, 5.41) is 4.92. The van der Waals surface area contributed by atoms with Gasteiger partial charge in [0.05, 0.1) is 11.6 Å². The number of hydrogen-bond acceptors (Lipinski definition) is 2. The van der Waals surface area contributed by atoms with Crippen molar-refractivity contribution in [3.05, 3.63) is 63.3 Å². The molecule has 7 heteroatoms. The molecule has 2 rings (SSSR count). The first-order chi connectivity index (χ1) is 10.5. The van der Waals surface area contributed by atoms with Crippen LogP contribution in [-0.2, 0) is 4.79 Å². The summed E-state index contributed by atoms with van der Waals surface area (Å²) in [6.45, 7) is -0.204. The Hall–Kier alpha value is -1.92. The van der Waals surface area contributed by atoms with Crippen LogP contribution in [0.1, 0.15) is 10.4 Å². The Balaban J connectivity index is 1.88. The molecule has 2 aromatic rings. The van der Waals surface area contributed by atoms with Gasteiger partial charge in [-0.3, -0.25) is 9.59 Å². The highest BCUT2D eigenvalue weighted by molar-refractivity contribution is 9.10. The molecule has 114 valence electrons. The maximum atomic E-state index is 13.0. The second-order valence-electron chi connectivity index (χ2n) is 4.37. The van der Waals surface area contributed by atoms with E-state index in [-0.39, 0.29) is 17.5 Å². The second kappa shape index (κ2) is 7.38. The smallest absolute Gasteiger partial charge is 0.251 e. The summed E-state index contributed by atoms with van der Waals surface area (Å²) >= 11 is 8.89. The lowest BCUT2D eigenvalue weighted by Gasteiger charge is -2.07. The third-order valence-electron chi connectivity index (χ3n) is 2.72. The van der Waals surface area contributed by atoms with Crippen molar-refractivity contribution in [3.63, 3.8) is 0 Å².